The van der Waals surface area contributed by atoms with Gasteiger partial charge in [0.1, 0.15) is 0 Å². The van der Waals surface area contributed by atoms with Crippen LogP contribution in [0.2, 0.25) is 0 Å². The van der Waals surface area contributed by atoms with Crippen LogP contribution in [0.1, 0.15) is 53.4 Å². The fourth-order valence-corrected chi connectivity index (χ4v) is 5.08. The van der Waals surface area contributed by atoms with Gasteiger partial charge in [0.05, 0.1) is 0 Å². The Bertz CT molecular complexity index is 290. The molecule has 1 heterocycles. The van der Waals surface area contributed by atoms with Crippen LogP contribution in [0.4, 0.5) is 0 Å². The Morgan fingerprint density at radius 2 is 1.89 bits per heavy atom. The van der Waals surface area contributed by atoms with Crippen molar-refractivity contribution in [2.75, 3.05) is 24.6 Å². The van der Waals surface area contributed by atoms with Gasteiger partial charge < -0.3 is 5.73 Å². The van der Waals surface area contributed by atoms with Crippen LogP contribution in [0.3, 0.4) is 0 Å². The van der Waals surface area contributed by atoms with Gasteiger partial charge in [-0.3, -0.25) is 4.90 Å². The van der Waals surface area contributed by atoms with Crippen LogP contribution in [0.25, 0.3) is 0 Å². The zero-order chi connectivity index (χ0) is 14.1. The van der Waals surface area contributed by atoms with Crippen molar-refractivity contribution in [2.24, 2.45) is 17.1 Å². The van der Waals surface area contributed by atoms with Gasteiger partial charge in [0, 0.05) is 36.2 Å². The normalized spacial score (nSPS) is 38.4. The van der Waals surface area contributed by atoms with Gasteiger partial charge in [-0.05, 0) is 43.9 Å². The molecule has 112 valence electrons. The molecule has 1 saturated carbocycles. The molecular weight excluding hydrogens is 252 g/mol. The highest BCUT2D eigenvalue weighted by Gasteiger charge is 2.43. The van der Waals surface area contributed by atoms with Crippen LogP contribution in [0.15, 0.2) is 0 Å². The Balaban J connectivity index is 2.05. The van der Waals surface area contributed by atoms with Gasteiger partial charge >= 0.3 is 0 Å². The van der Waals surface area contributed by atoms with Gasteiger partial charge in [0.25, 0.3) is 0 Å². The molecule has 0 radical (unpaired) electrons. The van der Waals surface area contributed by atoms with Crippen molar-refractivity contribution in [1.82, 2.24) is 4.90 Å². The maximum Gasteiger partial charge on any atom is 0.0335 e. The van der Waals surface area contributed by atoms with E-state index in [0.717, 1.165) is 12.5 Å². The first-order chi connectivity index (χ1) is 8.89. The monoisotopic (exact) mass is 284 g/mol. The van der Waals surface area contributed by atoms with E-state index in [9.17, 15) is 0 Å². The van der Waals surface area contributed by atoms with E-state index in [1.807, 2.05) is 0 Å². The van der Waals surface area contributed by atoms with Crippen LogP contribution in [-0.2, 0) is 0 Å². The third-order valence-electron chi connectivity index (χ3n) is 5.50. The predicted octanol–water partition coefficient (Wildman–Crippen LogP) is 3.36. The molecule has 0 aromatic carbocycles. The molecule has 2 nitrogen and oxygen atoms in total. The van der Waals surface area contributed by atoms with Crippen molar-refractivity contribution in [3.05, 3.63) is 0 Å². The summed E-state index contributed by atoms with van der Waals surface area (Å²) in [4.78, 5) is 2.75. The number of nitrogens with zero attached hydrogens (tertiary/aromatic N) is 1. The molecule has 2 aliphatic rings. The highest BCUT2D eigenvalue weighted by molar-refractivity contribution is 7.99. The standard InChI is InChI=1S/C16H32N2S/c1-13-11-19-10-9-18(13)16(12-17)7-5-14(6-8-16)15(2,3)4/h13-14H,5-12,17H2,1-4H3. The summed E-state index contributed by atoms with van der Waals surface area (Å²) in [6.45, 7) is 11.7. The molecule has 0 amide bonds. The maximum atomic E-state index is 6.24. The minimum absolute atomic E-state index is 0.308. The van der Waals surface area contributed by atoms with Crippen molar-refractivity contribution in [3.8, 4) is 0 Å². The summed E-state index contributed by atoms with van der Waals surface area (Å²) in [7, 11) is 0. The fourth-order valence-electron chi connectivity index (χ4n) is 4.06. The molecule has 0 bridgehead atoms. The number of nitrogens with two attached hydrogens (primary N) is 1. The van der Waals surface area contributed by atoms with Gasteiger partial charge in [-0.15, -0.1) is 0 Å². The van der Waals surface area contributed by atoms with E-state index >= 15 is 0 Å². The molecule has 1 saturated heterocycles. The highest BCUT2D eigenvalue weighted by atomic mass is 32.2. The molecule has 1 aliphatic carbocycles. The zero-order valence-electron chi connectivity index (χ0n) is 13.2. The van der Waals surface area contributed by atoms with Crippen molar-refractivity contribution < 1.29 is 0 Å². The second-order valence-corrected chi connectivity index (χ2v) is 8.84. The average molecular weight is 285 g/mol. The molecule has 1 aliphatic heterocycles. The van der Waals surface area contributed by atoms with E-state index in [4.69, 9.17) is 5.73 Å². The molecular formula is C16H32N2S. The van der Waals surface area contributed by atoms with E-state index < -0.39 is 0 Å². The topological polar surface area (TPSA) is 29.3 Å². The van der Waals surface area contributed by atoms with Crippen molar-refractivity contribution in [1.29, 1.82) is 0 Å². The summed E-state index contributed by atoms with van der Waals surface area (Å²) in [5.41, 5.74) is 7.01. The molecule has 1 unspecified atom stereocenters. The largest absolute Gasteiger partial charge is 0.329 e. The van der Waals surface area contributed by atoms with Crippen LogP contribution in [-0.4, -0.2) is 41.1 Å². The molecule has 0 aromatic rings. The summed E-state index contributed by atoms with van der Waals surface area (Å²) >= 11 is 2.10. The highest BCUT2D eigenvalue weighted by Crippen LogP contribution is 2.44. The smallest absolute Gasteiger partial charge is 0.0335 e. The number of hydrogen-bond donors (Lipinski definition) is 1. The second kappa shape index (κ2) is 5.95. The molecule has 1 atom stereocenters. The Kier molecular flexibility index (Phi) is 4.90. The Morgan fingerprint density at radius 1 is 1.26 bits per heavy atom. The van der Waals surface area contributed by atoms with E-state index in [-0.39, 0.29) is 0 Å². The third kappa shape index (κ3) is 3.30. The molecule has 0 spiro atoms. The second-order valence-electron chi connectivity index (χ2n) is 7.69. The number of thioether (sulfide) groups is 1. The number of hydrogen-bond acceptors (Lipinski definition) is 3. The van der Waals surface area contributed by atoms with Crippen LogP contribution >= 0.6 is 11.8 Å². The molecule has 2 N–H and O–H groups in total. The van der Waals surface area contributed by atoms with E-state index in [2.05, 4.69) is 44.4 Å². The quantitative estimate of drug-likeness (QED) is 0.843. The molecule has 2 fully saturated rings. The molecule has 2 rings (SSSR count). The lowest BCUT2D eigenvalue weighted by Crippen LogP contribution is -2.61. The van der Waals surface area contributed by atoms with Gasteiger partial charge in [0.15, 0.2) is 0 Å². The van der Waals surface area contributed by atoms with E-state index in [0.29, 0.717) is 17.0 Å². The first-order valence-corrected chi connectivity index (χ1v) is 9.09. The van der Waals surface area contributed by atoms with Crippen LogP contribution in [0, 0.1) is 11.3 Å². The van der Waals surface area contributed by atoms with Gasteiger partial charge in [-0.2, -0.15) is 11.8 Å². The summed E-state index contributed by atoms with van der Waals surface area (Å²) in [5.74, 6) is 3.45. The lowest BCUT2D eigenvalue weighted by Gasteiger charge is -2.53. The maximum absolute atomic E-state index is 6.24. The minimum Gasteiger partial charge on any atom is -0.329 e. The summed E-state index contributed by atoms with van der Waals surface area (Å²) < 4.78 is 0. The van der Waals surface area contributed by atoms with E-state index in [1.165, 1.54) is 43.7 Å². The van der Waals surface area contributed by atoms with E-state index in [1.54, 1.807) is 0 Å². The van der Waals surface area contributed by atoms with Crippen molar-refractivity contribution >= 4 is 11.8 Å². The van der Waals surface area contributed by atoms with Crippen molar-refractivity contribution in [3.63, 3.8) is 0 Å². The molecule has 0 aromatic heterocycles. The van der Waals surface area contributed by atoms with Crippen LogP contribution in [0.5, 0.6) is 0 Å². The zero-order valence-corrected chi connectivity index (χ0v) is 14.1. The van der Waals surface area contributed by atoms with Gasteiger partial charge in [0.2, 0.25) is 0 Å². The van der Waals surface area contributed by atoms with Crippen LogP contribution < -0.4 is 5.73 Å². The molecule has 19 heavy (non-hydrogen) atoms. The third-order valence-corrected chi connectivity index (χ3v) is 6.69. The summed E-state index contributed by atoms with van der Waals surface area (Å²) in [6.07, 6.45) is 5.33. The summed E-state index contributed by atoms with van der Waals surface area (Å²) in [6, 6.07) is 0.702. The minimum atomic E-state index is 0.308. The SMILES string of the molecule is CC1CSCCN1C1(CN)CCC(C(C)(C)C)CC1. The predicted molar refractivity (Wildman–Crippen MR) is 86.7 cm³/mol. The van der Waals surface area contributed by atoms with Crippen molar-refractivity contribution in [2.45, 2.75) is 65.0 Å². The Hall–Kier alpha value is 0.270. The van der Waals surface area contributed by atoms with Gasteiger partial charge in [-0.25, -0.2) is 0 Å². The first kappa shape index (κ1) is 15.7. The lowest BCUT2D eigenvalue weighted by atomic mass is 9.66. The summed E-state index contributed by atoms with van der Waals surface area (Å²) in [5, 5.41) is 0. The Labute approximate surface area is 123 Å². The number of rotatable bonds is 2. The molecule has 3 heteroatoms. The fraction of sp³-hybridized carbons (Fsp3) is 1.00. The van der Waals surface area contributed by atoms with Gasteiger partial charge in [-0.1, -0.05) is 20.8 Å². The first-order valence-electron chi connectivity index (χ1n) is 7.94. The lowest BCUT2D eigenvalue weighted by molar-refractivity contribution is 0.00485. The Morgan fingerprint density at radius 3 is 2.37 bits per heavy atom. The average Bonchev–Trinajstić information content (AvgIpc) is 2.38.